The van der Waals surface area contributed by atoms with Gasteiger partial charge in [0.15, 0.2) is 0 Å². The Balaban J connectivity index is 2.74. The first-order valence-corrected chi connectivity index (χ1v) is 6.81. The molecule has 1 aromatic rings. The van der Waals surface area contributed by atoms with Crippen LogP contribution in [0.2, 0.25) is 0 Å². The minimum absolute atomic E-state index is 0.309. The predicted octanol–water partition coefficient (Wildman–Crippen LogP) is 3.33. The SMILES string of the molecule is CC(C)N(CC(F)(F)F)C(=O)C(S)Cc1ccccc1. The van der Waals surface area contributed by atoms with E-state index >= 15 is 0 Å². The van der Waals surface area contributed by atoms with Crippen LogP contribution in [0.15, 0.2) is 30.3 Å². The number of benzene rings is 1. The molecule has 0 saturated heterocycles. The van der Waals surface area contributed by atoms with Crippen LogP contribution in [0, 0.1) is 0 Å². The van der Waals surface area contributed by atoms with Gasteiger partial charge in [0.2, 0.25) is 5.91 Å². The van der Waals surface area contributed by atoms with Crippen molar-refractivity contribution in [3.8, 4) is 0 Å². The first kappa shape index (κ1) is 16.9. The van der Waals surface area contributed by atoms with E-state index in [4.69, 9.17) is 0 Å². The molecule has 1 unspecified atom stereocenters. The lowest BCUT2D eigenvalue weighted by atomic mass is 10.1. The highest BCUT2D eigenvalue weighted by Crippen LogP contribution is 2.20. The van der Waals surface area contributed by atoms with Crippen LogP contribution in [-0.4, -0.2) is 34.8 Å². The molecular formula is C14H18F3NOS. The molecule has 0 aromatic heterocycles. The van der Waals surface area contributed by atoms with Crippen molar-refractivity contribution in [3.63, 3.8) is 0 Å². The minimum atomic E-state index is -4.40. The van der Waals surface area contributed by atoms with Gasteiger partial charge in [-0.1, -0.05) is 30.3 Å². The molecule has 1 rings (SSSR count). The fourth-order valence-corrected chi connectivity index (χ4v) is 2.18. The Labute approximate surface area is 122 Å². The number of thiol groups is 1. The summed E-state index contributed by atoms with van der Waals surface area (Å²) in [5.74, 6) is -0.593. The van der Waals surface area contributed by atoms with Gasteiger partial charge in [-0.2, -0.15) is 25.8 Å². The topological polar surface area (TPSA) is 20.3 Å². The smallest absolute Gasteiger partial charge is 0.330 e. The van der Waals surface area contributed by atoms with Gasteiger partial charge in [0.25, 0.3) is 0 Å². The predicted molar refractivity (Wildman–Crippen MR) is 75.8 cm³/mol. The number of nitrogens with zero attached hydrogens (tertiary/aromatic N) is 1. The lowest BCUT2D eigenvalue weighted by molar-refractivity contribution is -0.164. The molecule has 0 aliphatic rings. The van der Waals surface area contributed by atoms with Crippen molar-refractivity contribution in [2.24, 2.45) is 0 Å². The van der Waals surface area contributed by atoms with E-state index < -0.39 is 29.9 Å². The Hall–Kier alpha value is -1.17. The summed E-state index contributed by atoms with van der Waals surface area (Å²) in [6.45, 7) is 1.88. The second kappa shape index (κ2) is 7.02. The van der Waals surface area contributed by atoms with Crippen LogP contribution in [-0.2, 0) is 11.2 Å². The molecular weight excluding hydrogens is 287 g/mol. The highest BCUT2D eigenvalue weighted by Gasteiger charge is 2.35. The zero-order chi connectivity index (χ0) is 15.3. The van der Waals surface area contributed by atoms with Crippen LogP contribution in [0.5, 0.6) is 0 Å². The van der Waals surface area contributed by atoms with Crippen molar-refractivity contribution < 1.29 is 18.0 Å². The van der Waals surface area contributed by atoms with E-state index in [0.717, 1.165) is 10.5 Å². The Morgan fingerprint density at radius 2 is 1.80 bits per heavy atom. The van der Waals surface area contributed by atoms with E-state index in [9.17, 15) is 18.0 Å². The highest BCUT2D eigenvalue weighted by molar-refractivity contribution is 7.81. The zero-order valence-corrected chi connectivity index (χ0v) is 12.3. The van der Waals surface area contributed by atoms with Crippen LogP contribution in [0.3, 0.4) is 0 Å². The number of alkyl halides is 3. The molecule has 0 radical (unpaired) electrons. The number of amides is 1. The first-order valence-electron chi connectivity index (χ1n) is 6.30. The normalized spacial score (nSPS) is 13.3. The number of hydrogen-bond donors (Lipinski definition) is 1. The van der Waals surface area contributed by atoms with Gasteiger partial charge in [0.1, 0.15) is 6.54 Å². The van der Waals surface area contributed by atoms with Crippen LogP contribution < -0.4 is 0 Å². The maximum absolute atomic E-state index is 12.5. The number of hydrogen-bond acceptors (Lipinski definition) is 2. The van der Waals surface area contributed by atoms with E-state index in [1.165, 1.54) is 0 Å². The highest BCUT2D eigenvalue weighted by atomic mass is 32.1. The summed E-state index contributed by atoms with van der Waals surface area (Å²) >= 11 is 4.16. The molecule has 0 fully saturated rings. The molecule has 20 heavy (non-hydrogen) atoms. The molecule has 1 atom stereocenters. The Morgan fingerprint density at radius 3 is 2.25 bits per heavy atom. The number of carbonyl (C=O) groups is 1. The summed E-state index contributed by atoms with van der Waals surface area (Å²) in [7, 11) is 0. The van der Waals surface area contributed by atoms with E-state index in [1.807, 2.05) is 30.3 Å². The largest absolute Gasteiger partial charge is 0.406 e. The summed E-state index contributed by atoms with van der Waals surface area (Å²) in [4.78, 5) is 12.9. The van der Waals surface area contributed by atoms with Gasteiger partial charge >= 0.3 is 6.18 Å². The summed E-state index contributed by atoms with van der Waals surface area (Å²) in [5.41, 5.74) is 0.872. The first-order chi connectivity index (χ1) is 9.20. The second-order valence-corrected chi connectivity index (χ2v) is 5.50. The third-order valence-corrected chi connectivity index (χ3v) is 3.22. The quantitative estimate of drug-likeness (QED) is 0.827. The molecule has 0 aliphatic carbocycles. The van der Waals surface area contributed by atoms with Crippen molar-refractivity contribution in [2.45, 2.75) is 37.7 Å². The van der Waals surface area contributed by atoms with Crippen molar-refractivity contribution in [2.75, 3.05) is 6.54 Å². The van der Waals surface area contributed by atoms with Crippen LogP contribution in [0.1, 0.15) is 19.4 Å². The number of carbonyl (C=O) groups excluding carboxylic acids is 1. The average Bonchev–Trinajstić information content (AvgIpc) is 2.35. The molecule has 0 heterocycles. The molecule has 6 heteroatoms. The number of halogens is 3. The molecule has 0 bridgehead atoms. The average molecular weight is 305 g/mol. The molecule has 0 saturated carbocycles. The van der Waals surface area contributed by atoms with Crippen molar-refractivity contribution in [1.29, 1.82) is 0 Å². The Bertz CT molecular complexity index is 434. The van der Waals surface area contributed by atoms with Crippen LogP contribution in [0.25, 0.3) is 0 Å². The van der Waals surface area contributed by atoms with Crippen molar-refractivity contribution in [3.05, 3.63) is 35.9 Å². The third kappa shape index (κ3) is 5.45. The standard InChI is InChI=1S/C14H18F3NOS/c1-10(2)18(9-14(15,16)17)13(19)12(20)8-11-6-4-3-5-7-11/h3-7,10,12,20H,8-9H2,1-2H3. The third-order valence-electron chi connectivity index (χ3n) is 2.81. The van der Waals surface area contributed by atoms with E-state index in [-0.39, 0.29) is 0 Å². The summed E-state index contributed by atoms with van der Waals surface area (Å²) in [5, 5.41) is -0.776. The van der Waals surface area contributed by atoms with Gasteiger partial charge < -0.3 is 4.90 Å². The van der Waals surface area contributed by atoms with Crippen LogP contribution >= 0.6 is 12.6 Å². The second-order valence-electron chi connectivity index (χ2n) is 4.88. The molecule has 1 amide bonds. The van der Waals surface area contributed by atoms with E-state index in [0.29, 0.717) is 6.42 Å². The fraction of sp³-hybridized carbons (Fsp3) is 0.500. The van der Waals surface area contributed by atoms with Crippen molar-refractivity contribution >= 4 is 18.5 Å². The van der Waals surface area contributed by atoms with Crippen LogP contribution in [0.4, 0.5) is 13.2 Å². The van der Waals surface area contributed by atoms with Crippen molar-refractivity contribution in [1.82, 2.24) is 4.90 Å². The van der Waals surface area contributed by atoms with Gasteiger partial charge in [-0.25, -0.2) is 0 Å². The number of rotatable bonds is 5. The summed E-state index contributed by atoms with van der Waals surface area (Å²) < 4.78 is 37.5. The molecule has 0 spiro atoms. The van der Waals surface area contributed by atoms with Gasteiger partial charge in [-0.15, -0.1) is 0 Å². The summed E-state index contributed by atoms with van der Waals surface area (Å²) in [6.07, 6.45) is -4.09. The van der Waals surface area contributed by atoms with Gasteiger partial charge in [-0.3, -0.25) is 4.79 Å². The summed E-state index contributed by atoms with van der Waals surface area (Å²) in [6, 6.07) is 8.59. The lowest BCUT2D eigenvalue weighted by Crippen LogP contribution is -2.47. The van der Waals surface area contributed by atoms with Gasteiger partial charge in [-0.05, 0) is 25.8 Å². The van der Waals surface area contributed by atoms with E-state index in [2.05, 4.69) is 12.6 Å². The fourth-order valence-electron chi connectivity index (χ4n) is 1.82. The maximum Gasteiger partial charge on any atom is 0.406 e. The molecule has 2 nitrogen and oxygen atoms in total. The maximum atomic E-state index is 12.5. The van der Waals surface area contributed by atoms with Gasteiger partial charge in [0.05, 0.1) is 5.25 Å². The molecule has 0 aliphatic heterocycles. The Morgan fingerprint density at radius 1 is 1.25 bits per heavy atom. The monoisotopic (exact) mass is 305 g/mol. The zero-order valence-electron chi connectivity index (χ0n) is 11.4. The van der Waals surface area contributed by atoms with E-state index in [1.54, 1.807) is 13.8 Å². The van der Waals surface area contributed by atoms with Gasteiger partial charge in [0, 0.05) is 6.04 Å². The molecule has 1 aromatic carbocycles. The lowest BCUT2D eigenvalue weighted by Gasteiger charge is -2.30. The minimum Gasteiger partial charge on any atom is -0.330 e. The molecule has 112 valence electrons. The molecule has 0 N–H and O–H groups in total. The Kier molecular flexibility index (Phi) is 5.92.